The Bertz CT molecular complexity index is 777. The minimum Gasteiger partial charge on any atom is -0.452 e. The molecule has 0 radical (unpaired) electrons. The first-order valence-corrected chi connectivity index (χ1v) is 8.86. The fraction of sp³-hybridized carbons (Fsp3) is 0.400. The molecule has 1 atom stereocenters. The molecule has 0 aliphatic carbocycles. The Morgan fingerprint density at radius 3 is 2.73 bits per heavy atom. The van der Waals surface area contributed by atoms with Crippen LogP contribution in [0.3, 0.4) is 0 Å². The minimum atomic E-state index is -0.493. The third-order valence-corrected chi connectivity index (χ3v) is 4.55. The fourth-order valence-electron chi connectivity index (χ4n) is 3.24. The molecule has 1 fully saturated rings. The molecule has 2 aromatic rings. The summed E-state index contributed by atoms with van der Waals surface area (Å²) in [7, 11) is 0. The van der Waals surface area contributed by atoms with Crippen molar-refractivity contribution in [2.24, 2.45) is 0 Å². The summed E-state index contributed by atoms with van der Waals surface area (Å²) >= 11 is 0. The van der Waals surface area contributed by atoms with E-state index in [4.69, 9.17) is 9.47 Å². The molecule has 138 valence electrons. The highest BCUT2D eigenvalue weighted by molar-refractivity contribution is 5.93. The lowest BCUT2D eigenvalue weighted by Gasteiger charge is -2.11. The second kappa shape index (κ2) is 8.19. The molecule has 1 saturated heterocycles. The van der Waals surface area contributed by atoms with Crippen LogP contribution in [0.15, 0.2) is 36.4 Å². The number of ether oxygens (including phenoxy) is 2. The van der Waals surface area contributed by atoms with Crippen molar-refractivity contribution in [1.82, 2.24) is 9.88 Å². The molecular formula is C20H24N2O4. The molecule has 6 heteroatoms. The van der Waals surface area contributed by atoms with E-state index in [1.807, 2.05) is 48.7 Å². The van der Waals surface area contributed by atoms with Gasteiger partial charge in [-0.25, -0.2) is 4.79 Å². The average molecular weight is 356 g/mol. The molecule has 1 unspecified atom stereocenters. The van der Waals surface area contributed by atoms with Gasteiger partial charge in [0.15, 0.2) is 6.61 Å². The largest absolute Gasteiger partial charge is 0.452 e. The molecule has 0 bridgehead atoms. The Morgan fingerprint density at radius 2 is 2.04 bits per heavy atom. The number of esters is 1. The molecule has 3 rings (SSSR count). The number of para-hydroxylation sites is 1. The van der Waals surface area contributed by atoms with E-state index >= 15 is 0 Å². The van der Waals surface area contributed by atoms with Gasteiger partial charge in [-0.3, -0.25) is 4.79 Å². The number of carbonyl (C=O) groups excluding carboxylic acids is 2. The first-order chi connectivity index (χ1) is 12.6. The minimum absolute atomic E-state index is 0.0689. The molecule has 1 aromatic carbocycles. The number of amides is 1. The summed E-state index contributed by atoms with van der Waals surface area (Å²) in [6, 6.07) is 11.6. The van der Waals surface area contributed by atoms with Crippen molar-refractivity contribution in [1.29, 1.82) is 0 Å². The lowest BCUT2D eigenvalue weighted by molar-refractivity contribution is -0.124. The van der Waals surface area contributed by atoms with Gasteiger partial charge in [0.25, 0.3) is 5.91 Å². The van der Waals surface area contributed by atoms with E-state index in [-0.39, 0.29) is 18.6 Å². The quantitative estimate of drug-likeness (QED) is 0.808. The van der Waals surface area contributed by atoms with Crippen LogP contribution in [0.25, 0.3) is 5.69 Å². The van der Waals surface area contributed by atoms with Crippen LogP contribution in [-0.2, 0) is 14.3 Å². The van der Waals surface area contributed by atoms with Gasteiger partial charge in [-0.1, -0.05) is 18.2 Å². The van der Waals surface area contributed by atoms with Crippen LogP contribution in [0.4, 0.5) is 0 Å². The second-order valence-electron chi connectivity index (χ2n) is 6.47. The fourth-order valence-corrected chi connectivity index (χ4v) is 3.24. The standard InChI is InChI=1S/C20H24N2O4/c1-14-11-18(15(2)22(14)16-7-4-3-5-8-16)20(24)26-13-19(23)21-12-17-9-6-10-25-17/h3-5,7-8,11,17H,6,9-10,12-13H2,1-2H3,(H,21,23). The van der Waals surface area contributed by atoms with E-state index in [9.17, 15) is 9.59 Å². The molecule has 1 N–H and O–H groups in total. The van der Waals surface area contributed by atoms with E-state index in [0.29, 0.717) is 12.1 Å². The van der Waals surface area contributed by atoms with Crippen LogP contribution in [0.2, 0.25) is 0 Å². The van der Waals surface area contributed by atoms with Gasteiger partial charge in [-0.15, -0.1) is 0 Å². The third-order valence-electron chi connectivity index (χ3n) is 4.55. The summed E-state index contributed by atoms with van der Waals surface area (Å²) in [5, 5.41) is 2.74. The molecule has 1 aliphatic heterocycles. The number of nitrogens with one attached hydrogen (secondary N) is 1. The molecule has 0 spiro atoms. The van der Waals surface area contributed by atoms with Crippen LogP contribution in [0.5, 0.6) is 0 Å². The predicted octanol–water partition coefficient (Wildman–Crippen LogP) is 2.55. The second-order valence-corrected chi connectivity index (χ2v) is 6.47. The van der Waals surface area contributed by atoms with Crippen LogP contribution in [0, 0.1) is 13.8 Å². The molecule has 6 nitrogen and oxygen atoms in total. The van der Waals surface area contributed by atoms with Gasteiger partial charge in [0, 0.05) is 30.2 Å². The van der Waals surface area contributed by atoms with E-state index in [1.54, 1.807) is 6.07 Å². The summed E-state index contributed by atoms with van der Waals surface area (Å²) in [4.78, 5) is 24.3. The summed E-state index contributed by atoms with van der Waals surface area (Å²) in [5.74, 6) is -0.807. The summed E-state index contributed by atoms with van der Waals surface area (Å²) < 4.78 is 12.6. The van der Waals surface area contributed by atoms with E-state index in [0.717, 1.165) is 36.5 Å². The molecule has 1 aliphatic rings. The molecule has 1 amide bonds. The summed E-state index contributed by atoms with van der Waals surface area (Å²) in [6.07, 6.45) is 2.04. The number of nitrogens with zero attached hydrogens (tertiary/aromatic N) is 1. The number of aromatic nitrogens is 1. The van der Waals surface area contributed by atoms with Gasteiger partial charge in [-0.05, 0) is 44.9 Å². The normalized spacial score (nSPS) is 16.5. The van der Waals surface area contributed by atoms with E-state index in [1.165, 1.54) is 0 Å². The molecule has 26 heavy (non-hydrogen) atoms. The van der Waals surface area contributed by atoms with Crippen molar-refractivity contribution < 1.29 is 19.1 Å². The zero-order valence-corrected chi connectivity index (χ0v) is 15.2. The zero-order valence-electron chi connectivity index (χ0n) is 15.2. The lowest BCUT2D eigenvalue weighted by atomic mass is 10.2. The smallest absolute Gasteiger partial charge is 0.340 e. The highest BCUT2D eigenvalue weighted by atomic mass is 16.5. The number of benzene rings is 1. The first kappa shape index (κ1) is 18.2. The first-order valence-electron chi connectivity index (χ1n) is 8.86. The topological polar surface area (TPSA) is 69.6 Å². The van der Waals surface area contributed by atoms with Crippen LogP contribution in [0.1, 0.15) is 34.6 Å². The van der Waals surface area contributed by atoms with Gasteiger partial charge >= 0.3 is 5.97 Å². The van der Waals surface area contributed by atoms with Crippen LogP contribution >= 0.6 is 0 Å². The maximum absolute atomic E-state index is 12.4. The van der Waals surface area contributed by atoms with Gasteiger partial charge in [0.2, 0.25) is 0 Å². The van der Waals surface area contributed by atoms with Crippen molar-refractivity contribution >= 4 is 11.9 Å². The number of hydrogen-bond donors (Lipinski definition) is 1. The Kier molecular flexibility index (Phi) is 5.73. The summed E-state index contributed by atoms with van der Waals surface area (Å²) in [6.45, 7) is 4.71. The maximum atomic E-state index is 12.4. The van der Waals surface area contributed by atoms with E-state index < -0.39 is 5.97 Å². The Balaban J connectivity index is 1.59. The predicted molar refractivity (Wildman–Crippen MR) is 97.5 cm³/mol. The van der Waals surface area contributed by atoms with E-state index in [2.05, 4.69) is 5.32 Å². The van der Waals surface area contributed by atoms with Crippen molar-refractivity contribution in [3.8, 4) is 5.69 Å². The van der Waals surface area contributed by atoms with Crippen molar-refractivity contribution in [3.63, 3.8) is 0 Å². The molecule has 2 heterocycles. The lowest BCUT2D eigenvalue weighted by Crippen LogP contribution is -2.34. The van der Waals surface area contributed by atoms with Gasteiger partial charge in [0.05, 0.1) is 11.7 Å². The number of carbonyl (C=O) groups is 2. The number of aryl methyl sites for hydroxylation is 1. The monoisotopic (exact) mass is 356 g/mol. The molecule has 1 aromatic heterocycles. The molecular weight excluding hydrogens is 332 g/mol. The molecule has 0 saturated carbocycles. The van der Waals surface area contributed by atoms with Crippen LogP contribution in [-0.4, -0.2) is 42.3 Å². The van der Waals surface area contributed by atoms with Gasteiger partial charge in [-0.2, -0.15) is 0 Å². The zero-order chi connectivity index (χ0) is 18.5. The number of hydrogen-bond acceptors (Lipinski definition) is 4. The summed E-state index contributed by atoms with van der Waals surface area (Å²) in [5.41, 5.74) is 3.18. The Labute approximate surface area is 153 Å². The van der Waals surface area contributed by atoms with Gasteiger partial charge < -0.3 is 19.4 Å². The van der Waals surface area contributed by atoms with Gasteiger partial charge in [0.1, 0.15) is 0 Å². The average Bonchev–Trinajstić information content (AvgIpc) is 3.26. The Hall–Kier alpha value is -2.60. The highest BCUT2D eigenvalue weighted by Gasteiger charge is 2.20. The third kappa shape index (κ3) is 4.14. The maximum Gasteiger partial charge on any atom is 0.340 e. The van der Waals surface area contributed by atoms with Crippen molar-refractivity contribution in [2.45, 2.75) is 32.8 Å². The number of rotatable bonds is 6. The van der Waals surface area contributed by atoms with Crippen molar-refractivity contribution in [3.05, 3.63) is 53.3 Å². The Morgan fingerprint density at radius 1 is 1.27 bits per heavy atom. The van der Waals surface area contributed by atoms with Crippen LogP contribution < -0.4 is 5.32 Å². The highest BCUT2D eigenvalue weighted by Crippen LogP contribution is 2.21. The van der Waals surface area contributed by atoms with Crippen molar-refractivity contribution in [2.75, 3.05) is 19.8 Å². The SMILES string of the molecule is Cc1cc(C(=O)OCC(=O)NCC2CCCO2)c(C)n1-c1ccccc1.